The van der Waals surface area contributed by atoms with Crippen LogP contribution in [0.25, 0.3) is 0 Å². The smallest absolute Gasteiger partial charge is 0.181 e. The molecule has 0 aliphatic carbocycles. The first-order valence-corrected chi connectivity index (χ1v) is 8.11. The van der Waals surface area contributed by atoms with Gasteiger partial charge in [0.1, 0.15) is 17.3 Å². The molecule has 4 heteroatoms. The van der Waals surface area contributed by atoms with Crippen LogP contribution in [-0.2, 0) is 11.2 Å². The molecule has 2 aromatic rings. The second-order valence-corrected chi connectivity index (χ2v) is 6.83. The van der Waals surface area contributed by atoms with Gasteiger partial charge in [0.25, 0.3) is 0 Å². The number of benzene rings is 2. The second-order valence-electron chi connectivity index (χ2n) is 5.91. The Balaban J connectivity index is 1.73. The Labute approximate surface area is 137 Å². The molecule has 0 bridgehead atoms. The average molecular weight is 359 g/mol. The summed E-state index contributed by atoms with van der Waals surface area (Å²) in [6.45, 7) is 0.880. The van der Waals surface area contributed by atoms with Gasteiger partial charge in [0, 0.05) is 10.9 Å². The number of hydrogen-bond donors (Lipinski definition) is 0. The van der Waals surface area contributed by atoms with Crippen LogP contribution in [0.3, 0.4) is 0 Å². The third-order valence-electron chi connectivity index (χ3n) is 4.51. The van der Waals surface area contributed by atoms with E-state index in [0.29, 0.717) is 30.9 Å². The van der Waals surface area contributed by atoms with Crippen molar-refractivity contribution in [3.63, 3.8) is 0 Å². The first kappa shape index (κ1) is 14.0. The second kappa shape index (κ2) is 5.21. The lowest BCUT2D eigenvalue weighted by Gasteiger charge is -2.48. The van der Waals surface area contributed by atoms with Gasteiger partial charge in [-0.15, -0.1) is 0 Å². The van der Waals surface area contributed by atoms with E-state index in [9.17, 15) is 4.79 Å². The first-order valence-electron chi connectivity index (χ1n) is 7.32. The molecular formula is C18H15BrO3. The number of fused-ring (bicyclic) bond motifs is 1. The molecule has 1 spiro atoms. The van der Waals surface area contributed by atoms with Crippen LogP contribution < -0.4 is 4.74 Å². The zero-order valence-corrected chi connectivity index (χ0v) is 13.5. The van der Waals surface area contributed by atoms with Gasteiger partial charge < -0.3 is 9.47 Å². The van der Waals surface area contributed by atoms with Gasteiger partial charge in [0.15, 0.2) is 5.78 Å². The molecule has 0 radical (unpaired) electrons. The van der Waals surface area contributed by atoms with Crippen molar-refractivity contribution < 1.29 is 14.3 Å². The molecule has 2 aromatic carbocycles. The molecule has 0 N–H and O–H groups in total. The van der Waals surface area contributed by atoms with E-state index in [4.69, 9.17) is 9.47 Å². The molecule has 1 saturated heterocycles. The predicted octanol–water partition coefficient (Wildman–Crippen LogP) is 3.65. The lowest BCUT2D eigenvalue weighted by atomic mass is 9.70. The summed E-state index contributed by atoms with van der Waals surface area (Å²) in [7, 11) is 0. The molecule has 0 amide bonds. The van der Waals surface area contributed by atoms with Crippen molar-refractivity contribution >= 4 is 21.7 Å². The summed E-state index contributed by atoms with van der Waals surface area (Å²) in [4.78, 5) is 13.0. The van der Waals surface area contributed by atoms with Gasteiger partial charge in [-0.1, -0.05) is 46.3 Å². The fourth-order valence-electron chi connectivity index (χ4n) is 3.17. The van der Waals surface area contributed by atoms with Gasteiger partial charge in [-0.3, -0.25) is 4.79 Å². The number of ether oxygens (including phenoxy) is 2. The Bertz CT molecular complexity index is 722. The number of Topliss-reactive ketones (excluding diaryl/α,β-unsaturated/α-hetero) is 1. The summed E-state index contributed by atoms with van der Waals surface area (Å²) in [6, 6.07) is 15.8. The molecule has 0 aromatic heterocycles. The third kappa shape index (κ3) is 2.09. The minimum atomic E-state index is -0.538. The van der Waals surface area contributed by atoms with Gasteiger partial charge in [-0.2, -0.15) is 0 Å². The molecule has 3 nitrogen and oxygen atoms in total. The van der Waals surface area contributed by atoms with Gasteiger partial charge in [0.05, 0.1) is 18.8 Å². The highest BCUT2D eigenvalue weighted by atomic mass is 79.9. The van der Waals surface area contributed by atoms with Crippen molar-refractivity contribution in [3.8, 4) is 5.75 Å². The van der Waals surface area contributed by atoms with E-state index in [1.54, 1.807) is 0 Å². The molecule has 2 aliphatic rings. The molecule has 1 fully saturated rings. The number of carbonyl (C=O) groups is 1. The number of hydrogen-bond acceptors (Lipinski definition) is 3. The monoisotopic (exact) mass is 358 g/mol. The lowest BCUT2D eigenvalue weighted by molar-refractivity contribution is -0.139. The van der Waals surface area contributed by atoms with Crippen LogP contribution in [0.2, 0.25) is 0 Å². The number of ketones is 1. The minimum Gasteiger partial charge on any atom is -0.488 e. The number of rotatable bonds is 2. The van der Waals surface area contributed by atoms with E-state index in [1.165, 1.54) is 5.56 Å². The van der Waals surface area contributed by atoms with Crippen LogP contribution in [0.1, 0.15) is 15.9 Å². The molecule has 0 saturated carbocycles. The van der Waals surface area contributed by atoms with Crippen molar-refractivity contribution in [2.45, 2.75) is 12.5 Å². The molecule has 22 heavy (non-hydrogen) atoms. The van der Waals surface area contributed by atoms with Crippen molar-refractivity contribution in [3.05, 3.63) is 64.1 Å². The van der Waals surface area contributed by atoms with Crippen LogP contribution in [-0.4, -0.2) is 25.1 Å². The fourth-order valence-corrected chi connectivity index (χ4v) is 3.53. The average Bonchev–Trinajstić information content (AvgIpc) is 2.48. The van der Waals surface area contributed by atoms with Gasteiger partial charge >= 0.3 is 0 Å². The molecule has 112 valence electrons. The van der Waals surface area contributed by atoms with E-state index < -0.39 is 5.41 Å². The molecular weight excluding hydrogens is 344 g/mol. The Morgan fingerprint density at radius 2 is 1.91 bits per heavy atom. The van der Waals surface area contributed by atoms with Crippen LogP contribution in [0.5, 0.6) is 5.75 Å². The van der Waals surface area contributed by atoms with Crippen molar-refractivity contribution in [2.24, 2.45) is 5.41 Å². The summed E-state index contributed by atoms with van der Waals surface area (Å²) >= 11 is 3.43. The highest BCUT2D eigenvalue weighted by Gasteiger charge is 2.56. The predicted molar refractivity (Wildman–Crippen MR) is 86.3 cm³/mol. The molecule has 2 aliphatic heterocycles. The van der Waals surface area contributed by atoms with Crippen molar-refractivity contribution in [1.29, 1.82) is 0 Å². The number of carbonyl (C=O) groups excluding carboxylic acids is 1. The quantitative estimate of drug-likeness (QED) is 0.821. The normalized spacial score (nSPS) is 21.9. The fraction of sp³-hybridized carbons (Fsp3) is 0.278. The van der Waals surface area contributed by atoms with E-state index in [-0.39, 0.29) is 11.9 Å². The Hall–Kier alpha value is -1.65. The highest BCUT2D eigenvalue weighted by Crippen LogP contribution is 2.45. The summed E-state index contributed by atoms with van der Waals surface area (Å²) in [6.07, 6.45) is 0.538. The maximum Gasteiger partial charge on any atom is 0.181 e. The van der Waals surface area contributed by atoms with Gasteiger partial charge in [-0.25, -0.2) is 0 Å². The van der Waals surface area contributed by atoms with E-state index in [1.807, 2.05) is 36.4 Å². The summed E-state index contributed by atoms with van der Waals surface area (Å²) in [5, 5.41) is 0. The SMILES string of the molecule is O=C1c2cc(Br)ccc2OC(Cc2ccccc2)C12COC2. The lowest BCUT2D eigenvalue weighted by Crippen LogP contribution is -2.61. The van der Waals surface area contributed by atoms with E-state index in [2.05, 4.69) is 28.1 Å². The van der Waals surface area contributed by atoms with Crippen LogP contribution in [0.15, 0.2) is 53.0 Å². The Morgan fingerprint density at radius 3 is 2.59 bits per heavy atom. The van der Waals surface area contributed by atoms with Gasteiger partial charge in [-0.05, 0) is 23.8 Å². The molecule has 4 rings (SSSR count). The maximum absolute atomic E-state index is 13.0. The third-order valence-corrected chi connectivity index (χ3v) is 5.00. The van der Waals surface area contributed by atoms with Crippen LogP contribution >= 0.6 is 15.9 Å². The summed E-state index contributed by atoms with van der Waals surface area (Å²) in [5.41, 5.74) is 1.29. The van der Waals surface area contributed by atoms with Crippen LogP contribution in [0.4, 0.5) is 0 Å². The van der Waals surface area contributed by atoms with Crippen molar-refractivity contribution in [1.82, 2.24) is 0 Å². The topological polar surface area (TPSA) is 35.5 Å². The largest absolute Gasteiger partial charge is 0.488 e. The number of halogens is 1. The Kier molecular flexibility index (Phi) is 3.31. The zero-order chi connectivity index (χ0) is 15.2. The van der Waals surface area contributed by atoms with E-state index in [0.717, 1.165) is 4.47 Å². The first-order chi connectivity index (χ1) is 10.7. The standard InChI is InChI=1S/C18H15BrO3/c19-13-6-7-15-14(9-13)17(20)18(10-21-11-18)16(22-15)8-12-4-2-1-3-5-12/h1-7,9,16H,8,10-11H2. The summed E-state index contributed by atoms with van der Waals surface area (Å²) in [5.74, 6) is 0.814. The minimum absolute atomic E-state index is 0.141. The van der Waals surface area contributed by atoms with E-state index >= 15 is 0 Å². The molecule has 1 atom stereocenters. The Morgan fingerprint density at radius 1 is 1.14 bits per heavy atom. The maximum atomic E-state index is 13.0. The highest BCUT2D eigenvalue weighted by molar-refractivity contribution is 9.10. The van der Waals surface area contributed by atoms with Gasteiger partial charge in [0.2, 0.25) is 0 Å². The van der Waals surface area contributed by atoms with Crippen molar-refractivity contribution in [2.75, 3.05) is 13.2 Å². The zero-order valence-electron chi connectivity index (χ0n) is 11.9. The molecule has 2 heterocycles. The summed E-state index contributed by atoms with van der Waals surface area (Å²) < 4.78 is 12.5. The molecule has 1 unspecified atom stereocenters. The van der Waals surface area contributed by atoms with Crippen LogP contribution in [0, 0.1) is 5.41 Å².